The van der Waals surface area contributed by atoms with Crippen molar-refractivity contribution in [1.29, 1.82) is 5.26 Å². The van der Waals surface area contributed by atoms with E-state index in [0.717, 1.165) is 35.4 Å². The number of hydrogen-bond donors (Lipinski definition) is 0. The molecule has 0 aliphatic carbocycles. The minimum atomic E-state index is 0.433. The molecule has 2 heterocycles. The van der Waals surface area contributed by atoms with Crippen molar-refractivity contribution in [2.24, 2.45) is 0 Å². The van der Waals surface area contributed by atoms with Crippen molar-refractivity contribution in [3.8, 4) is 6.07 Å². The van der Waals surface area contributed by atoms with Crippen LogP contribution in [0, 0.1) is 18.3 Å². The zero-order valence-electron chi connectivity index (χ0n) is 11.2. The molecule has 1 aliphatic heterocycles. The number of pyridine rings is 1. The number of anilines is 1. The fraction of sp³-hybridized carbons (Fsp3) is 0.375. The monoisotopic (exact) mass is 251 g/mol. The van der Waals surface area contributed by atoms with Crippen molar-refractivity contribution in [3.05, 3.63) is 35.4 Å². The van der Waals surface area contributed by atoms with E-state index in [1.807, 2.05) is 6.07 Å². The predicted molar refractivity (Wildman–Crippen MR) is 77.2 cm³/mol. The summed E-state index contributed by atoms with van der Waals surface area (Å²) in [5.41, 5.74) is 3.31. The molecule has 96 valence electrons. The second-order valence-corrected chi connectivity index (χ2v) is 5.15. The van der Waals surface area contributed by atoms with Gasteiger partial charge in [-0.1, -0.05) is 18.2 Å². The van der Waals surface area contributed by atoms with E-state index in [2.05, 4.69) is 36.1 Å². The molecule has 0 bridgehead atoms. The van der Waals surface area contributed by atoms with E-state index in [4.69, 9.17) is 10.2 Å². The van der Waals surface area contributed by atoms with Crippen LogP contribution in [0.5, 0.6) is 0 Å². The van der Waals surface area contributed by atoms with Crippen LogP contribution < -0.4 is 4.90 Å². The Hall–Kier alpha value is -2.08. The topological polar surface area (TPSA) is 39.9 Å². The van der Waals surface area contributed by atoms with E-state index in [0.29, 0.717) is 6.42 Å². The number of hydrogen-bond acceptors (Lipinski definition) is 3. The normalized spacial score (nSPS) is 14.8. The third-order valence-electron chi connectivity index (χ3n) is 3.78. The molecule has 0 N–H and O–H groups in total. The van der Waals surface area contributed by atoms with E-state index >= 15 is 0 Å². The lowest BCUT2D eigenvalue weighted by molar-refractivity contribution is 0.929. The number of nitriles is 1. The smallest absolute Gasteiger partial charge is 0.133 e. The molecule has 19 heavy (non-hydrogen) atoms. The van der Waals surface area contributed by atoms with Crippen LogP contribution in [0.3, 0.4) is 0 Å². The molecule has 0 amide bonds. The molecule has 0 spiro atoms. The van der Waals surface area contributed by atoms with Gasteiger partial charge in [0.05, 0.1) is 18.0 Å². The largest absolute Gasteiger partial charge is 0.356 e. The van der Waals surface area contributed by atoms with Gasteiger partial charge < -0.3 is 4.90 Å². The maximum atomic E-state index is 9.02. The van der Waals surface area contributed by atoms with Crippen molar-refractivity contribution in [2.75, 3.05) is 18.0 Å². The number of benzene rings is 1. The summed E-state index contributed by atoms with van der Waals surface area (Å²) in [7, 11) is 0. The lowest BCUT2D eigenvalue weighted by Gasteiger charge is -2.20. The van der Waals surface area contributed by atoms with Gasteiger partial charge in [-0.15, -0.1) is 0 Å². The molecular weight excluding hydrogens is 234 g/mol. The van der Waals surface area contributed by atoms with E-state index < -0.39 is 0 Å². The molecule has 0 unspecified atom stereocenters. The van der Waals surface area contributed by atoms with Crippen molar-refractivity contribution in [3.63, 3.8) is 0 Å². The Morgan fingerprint density at radius 3 is 2.84 bits per heavy atom. The Morgan fingerprint density at radius 2 is 2.11 bits per heavy atom. The van der Waals surface area contributed by atoms with Gasteiger partial charge in [0.15, 0.2) is 0 Å². The quantitative estimate of drug-likeness (QED) is 0.822. The SMILES string of the molecule is Cc1cccc2cc(CC#N)c(N3CCCC3)nc12. The van der Waals surface area contributed by atoms with Gasteiger partial charge in [0.1, 0.15) is 5.82 Å². The van der Waals surface area contributed by atoms with Gasteiger partial charge in [0.2, 0.25) is 0 Å². The van der Waals surface area contributed by atoms with Crippen LogP contribution >= 0.6 is 0 Å². The summed E-state index contributed by atoms with van der Waals surface area (Å²) in [6.45, 7) is 4.21. The molecule has 3 rings (SSSR count). The average molecular weight is 251 g/mol. The first kappa shape index (κ1) is 12.0. The number of aromatic nitrogens is 1. The van der Waals surface area contributed by atoms with Gasteiger partial charge in [0.25, 0.3) is 0 Å². The van der Waals surface area contributed by atoms with Gasteiger partial charge in [0, 0.05) is 24.0 Å². The Balaban J connectivity index is 2.19. The molecule has 1 aromatic heterocycles. The van der Waals surface area contributed by atoms with Crippen LogP contribution in [-0.2, 0) is 6.42 Å². The highest BCUT2D eigenvalue weighted by Crippen LogP contribution is 2.28. The molecule has 0 saturated carbocycles. The number of aryl methyl sites for hydroxylation is 1. The van der Waals surface area contributed by atoms with Gasteiger partial charge in [-0.05, 0) is 31.4 Å². The Labute approximate surface area is 113 Å². The minimum absolute atomic E-state index is 0.433. The van der Waals surface area contributed by atoms with Crippen LogP contribution in [0.2, 0.25) is 0 Å². The highest BCUT2D eigenvalue weighted by molar-refractivity contribution is 5.84. The first-order valence-electron chi connectivity index (χ1n) is 6.81. The first-order valence-corrected chi connectivity index (χ1v) is 6.81. The van der Waals surface area contributed by atoms with Crippen LogP contribution in [0.1, 0.15) is 24.0 Å². The minimum Gasteiger partial charge on any atom is -0.356 e. The maximum Gasteiger partial charge on any atom is 0.133 e. The molecule has 3 heteroatoms. The summed E-state index contributed by atoms with van der Waals surface area (Å²) >= 11 is 0. The Kier molecular flexibility index (Phi) is 3.08. The highest BCUT2D eigenvalue weighted by atomic mass is 15.2. The molecule has 1 fully saturated rings. The molecule has 1 aromatic carbocycles. The zero-order chi connectivity index (χ0) is 13.2. The van der Waals surface area contributed by atoms with Crippen molar-refractivity contribution < 1.29 is 0 Å². The van der Waals surface area contributed by atoms with Crippen LogP contribution in [-0.4, -0.2) is 18.1 Å². The molecule has 1 saturated heterocycles. The third kappa shape index (κ3) is 2.15. The molecule has 0 atom stereocenters. The molecule has 1 aliphatic rings. The summed E-state index contributed by atoms with van der Waals surface area (Å²) in [5.74, 6) is 1.01. The van der Waals surface area contributed by atoms with Gasteiger partial charge >= 0.3 is 0 Å². The maximum absolute atomic E-state index is 9.02. The van der Waals surface area contributed by atoms with Crippen molar-refractivity contribution in [2.45, 2.75) is 26.2 Å². The molecule has 0 radical (unpaired) electrons. The van der Waals surface area contributed by atoms with Crippen molar-refractivity contribution >= 4 is 16.7 Å². The van der Waals surface area contributed by atoms with Crippen LogP contribution in [0.4, 0.5) is 5.82 Å². The van der Waals surface area contributed by atoms with Gasteiger partial charge in [-0.2, -0.15) is 5.26 Å². The van der Waals surface area contributed by atoms with E-state index in [1.165, 1.54) is 18.4 Å². The summed E-state index contributed by atoms with van der Waals surface area (Å²) in [5, 5.41) is 10.1. The highest BCUT2D eigenvalue weighted by Gasteiger charge is 2.18. The van der Waals surface area contributed by atoms with Crippen LogP contribution in [0.15, 0.2) is 24.3 Å². The molecule has 3 nitrogen and oxygen atoms in total. The summed E-state index contributed by atoms with van der Waals surface area (Å²) < 4.78 is 0. The number of para-hydroxylation sites is 1. The van der Waals surface area contributed by atoms with E-state index in [9.17, 15) is 0 Å². The Bertz CT molecular complexity index is 649. The second kappa shape index (κ2) is 4.89. The second-order valence-electron chi connectivity index (χ2n) is 5.15. The van der Waals surface area contributed by atoms with E-state index in [-0.39, 0.29) is 0 Å². The number of fused-ring (bicyclic) bond motifs is 1. The predicted octanol–water partition coefficient (Wildman–Crippen LogP) is 3.21. The summed E-state index contributed by atoms with van der Waals surface area (Å²) in [4.78, 5) is 7.17. The van der Waals surface area contributed by atoms with Gasteiger partial charge in [-0.25, -0.2) is 4.98 Å². The Morgan fingerprint density at radius 1 is 1.32 bits per heavy atom. The summed E-state index contributed by atoms with van der Waals surface area (Å²) in [6.07, 6.45) is 2.88. The standard InChI is InChI=1S/C16H17N3/c1-12-5-4-6-13-11-14(7-8-17)16(18-15(12)13)19-9-2-3-10-19/h4-6,11H,2-3,7,9-10H2,1H3. The lowest BCUT2D eigenvalue weighted by Crippen LogP contribution is -2.20. The summed E-state index contributed by atoms with van der Waals surface area (Å²) in [6, 6.07) is 10.6. The van der Waals surface area contributed by atoms with Crippen LogP contribution in [0.25, 0.3) is 10.9 Å². The molecule has 2 aromatic rings. The fourth-order valence-corrected chi connectivity index (χ4v) is 2.80. The van der Waals surface area contributed by atoms with E-state index in [1.54, 1.807) is 0 Å². The van der Waals surface area contributed by atoms with Gasteiger partial charge in [-0.3, -0.25) is 0 Å². The first-order chi connectivity index (χ1) is 9.29. The van der Waals surface area contributed by atoms with Crippen molar-refractivity contribution in [1.82, 2.24) is 4.98 Å². The lowest BCUT2D eigenvalue weighted by atomic mass is 10.1. The number of rotatable bonds is 2. The average Bonchev–Trinajstić information content (AvgIpc) is 2.93. The number of nitrogens with zero attached hydrogens (tertiary/aromatic N) is 3. The third-order valence-corrected chi connectivity index (χ3v) is 3.78. The fourth-order valence-electron chi connectivity index (χ4n) is 2.80. The molecular formula is C16H17N3. The zero-order valence-corrected chi connectivity index (χ0v) is 11.2.